The van der Waals surface area contributed by atoms with Gasteiger partial charge in [-0.3, -0.25) is 0 Å². The van der Waals surface area contributed by atoms with Crippen LogP contribution < -0.4 is 0 Å². The van der Waals surface area contributed by atoms with Gasteiger partial charge >= 0.3 is 0 Å². The second-order valence-corrected chi connectivity index (χ2v) is 3.48. The predicted molar refractivity (Wildman–Crippen MR) is 46.6 cm³/mol. The van der Waals surface area contributed by atoms with E-state index in [-0.39, 0.29) is 5.60 Å². The van der Waals surface area contributed by atoms with Crippen LogP contribution in [0.15, 0.2) is 0 Å². The van der Waals surface area contributed by atoms with Gasteiger partial charge in [-0.05, 0) is 20.3 Å². The molecule has 0 amide bonds. The van der Waals surface area contributed by atoms with E-state index >= 15 is 0 Å². The van der Waals surface area contributed by atoms with Crippen LogP contribution in [0.4, 0.5) is 0 Å². The zero-order valence-corrected chi connectivity index (χ0v) is 7.89. The molecule has 0 atom stereocenters. The second kappa shape index (κ2) is 5.56. The van der Waals surface area contributed by atoms with Gasteiger partial charge in [-0.1, -0.05) is 19.8 Å². The zero-order valence-electron chi connectivity index (χ0n) is 7.89. The van der Waals surface area contributed by atoms with Gasteiger partial charge in [0.05, 0.1) is 12.2 Å². The fraction of sp³-hybridized carbons (Fsp3) is 1.00. The Bertz CT molecular complexity index is 79.6. The maximum Gasteiger partial charge on any atom is 0.0860 e. The molecule has 0 spiro atoms. The Morgan fingerprint density at radius 2 is 1.82 bits per heavy atom. The molecule has 68 valence electrons. The number of aliphatic hydroxyl groups excluding tert-OH is 1. The Balaban J connectivity index is 0.000000183. The molecule has 11 heavy (non-hydrogen) atoms. The molecule has 1 rings (SSSR count). The molecule has 1 aliphatic rings. The maximum atomic E-state index is 8.20. The van der Waals surface area contributed by atoms with Crippen molar-refractivity contribution < 1.29 is 9.84 Å². The van der Waals surface area contributed by atoms with Gasteiger partial charge in [0.15, 0.2) is 0 Å². The van der Waals surface area contributed by atoms with Crippen LogP contribution >= 0.6 is 0 Å². The summed E-state index contributed by atoms with van der Waals surface area (Å²) in [5.74, 6) is 0. The average molecular weight is 160 g/mol. The Morgan fingerprint density at radius 1 is 1.36 bits per heavy atom. The van der Waals surface area contributed by atoms with Crippen molar-refractivity contribution in [2.45, 2.75) is 45.6 Å². The van der Waals surface area contributed by atoms with Crippen LogP contribution in [0.25, 0.3) is 0 Å². The molecule has 0 saturated carbocycles. The molecule has 0 aromatic rings. The van der Waals surface area contributed by atoms with E-state index in [4.69, 9.17) is 9.84 Å². The lowest BCUT2D eigenvalue weighted by atomic mass is 10.3. The van der Waals surface area contributed by atoms with Crippen molar-refractivity contribution in [1.82, 2.24) is 0 Å². The molecular formula is C9H20O2. The average Bonchev–Trinajstić information content (AvgIpc) is 2.63. The van der Waals surface area contributed by atoms with E-state index in [0.29, 0.717) is 6.61 Å². The van der Waals surface area contributed by atoms with Crippen molar-refractivity contribution in [1.29, 1.82) is 0 Å². The van der Waals surface area contributed by atoms with E-state index < -0.39 is 0 Å². The van der Waals surface area contributed by atoms with Gasteiger partial charge in [0.25, 0.3) is 0 Å². The maximum absolute atomic E-state index is 8.20. The molecule has 2 heteroatoms. The van der Waals surface area contributed by atoms with Crippen molar-refractivity contribution >= 4 is 0 Å². The van der Waals surface area contributed by atoms with Crippen molar-refractivity contribution in [2.75, 3.05) is 13.2 Å². The number of ether oxygens (including phenoxy) is 1. The van der Waals surface area contributed by atoms with Crippen LogP contribution in [0, 0.1) is 0 Å². The Hall–Kier alpha value is -0.0800. The van der Waals surface area contributed by atoms with Crippen LogP contribution in [0.2, 0.25) is 0 Å². The molecule has 0 aliphatic carbocycles. The fourth-order valence-electron chi connectivity index (χ4n) is 0.506. The molecule has 0 aromatic carbocycles. The normalized spacial score (nSPS) is 18.5. The van der Waals surface area contributed by atoms with Gasteiger partial charge in [0.2, 0.25) is 0 Å². The van der Waals surface area contributed by atoms with E-state index in [0.717, 1.165) is 19.4 Å². The Morgan fingerprint density at radius 3 is 1.91 bits per heavy atom. The minimum atomic E-state index is 0.250. The minimum absolute atomic E-state index is 0.250. The summed E-state index contributed by atoms with van der Waals surface area (Å²) in [7, 11) is 0. The second-order valence-electron chi connectivity index (χ2n) is 3.48. The van der Waals surface area contributed by atoms with Gasteiger partial charge in [-0.15, -0.1) is 0 Å². The van der Waals surface area contributed by atoms with Crippen LogP contribution in [-0.2, 0) is 4.74 Å². The van der Waals surface area contributed by atoms with E-state index in [1.165, 1.54) is 6.42 Å². The molecule has 0 radical (unpaired) electrons. The molecule has 0 bridgehead atoms. The summed E-state index contributed by atoms with van der Waals surface area (Å²) >= 11 is 0. The van der Waals surface area contributed by atoms with Crippen LogP contribution in [0.1, 0.15) is 40.0 Å². The summed E-state index contributed by atoms with van der Waals surface area (Å²) in [5, 5.41) is 8.20. The number of aliphatic hydroxyl groups is 1. The highest BCUT2D eigenvalue weighted by Crippen LogP contribution is 2.23. The third-order valence-electron chi connectivity index (χ3n) is 1.48. The third kappa shape index (κ3) is 9.92. The van der Waals surface area contributed by atoms with E-state index in [1.54, 1.807) is 0 Å². The van der Waals surface area contributed by atoms with Gasteiger partial charge in [0, 0.05) is 6.61 Å². The lowest BCUT2D eigenvalue weighted by molar-refractivity contribution is 0.284. The number of unbranched alkanes of at least 4 members (excludes halogenated alkanes) is 2. The van der Waals surface area contributed by atoms with Crippen molar-refractivity contribution in [3.8, 4) is 0 Å². The quantitative estimate of drug-likeness (QED) is 0.505. The number of epoxide rings is 1. The molecule has 0 unspecified atom stereocenters. The molecule has 2 nitrogen and oxygen atoms in total. The Kier molecular flexibility index (Phi) is 5.51. The predicted octanol–water partition coefficient (Wildman–Crippen LogP) is 1.96. The zero-order chi connectivity index (χ0) is 8.74. The molecule has 1 N–H and O–H groups in total. The summed E-state index contributed by atoms with van der Waals surface area (Å²) in [4.78, 5) is 0. The molecule has 1 saturated heterocycles. The van der Waals surface area contributed by atoms with Crippen LogP contribution in [0.3, 0.4) is 0 Å². The first-order valence-electron chi connectivity index (χ1n) is 4.37. The molecular weight excluding hydrogens is 140 g/mol. The monoisotopic (exact) mass is 160 g/mol. The van der Waals surface area contributed by atoms with Crippen molar-refractivity contribution in [3.05, 3.63) is 0 Å². The summed E-state index contributed by atoms with van der Waals surface area (Å²) < 4.78 is 4.90. The Labute approximate surface area is 69.6 Å². The highest BCUT2D eigenvalue weighted by atomic mass is 16.6. The smallest absolute Gasteiger partial charge is 0.0860 e. The summed E-state index contributed by atoms with van der Waals surface area (Å²) in [5.41, 5.74) is 0.250. The highest BCUT2D eigenvalue weighted by Gasteiger charge is 2.32. The minimum Gasteiger partial charge on any atom is -0.396 e. The SMILES string of the molecule is CC1(C)CO1.CCCCCO. The number of hydrogen-bond acceptors (Lipinski definition) is 2. The van der Waals surface area contributed by atoms with Gasteiger partial charge in [0.1, 0.15) is 0 Å². The number of hydrogen-bond donors (Lipinski definition) is 1. The summed E-state index contributed by atoms with van der Waals surface area (Å²) in [6.45, 7) is 7.58. The van der Waals surface area contributed by atoms with Gasteiger partial charge in [-0.25, -0.2) is 0 Å². The lowest BCUT2D eigenvalue weighted by Gasteiger charge is -1.85. The van der Waals surface area contributed by atoms with E-state index in [9.17, 15) is 0 Å². The first-order valence-corrected chi connectivity index (χ1v) is 4.37. The summed E-state index contributed by atoms with van der Waals surface area (Å²) in [6, 6.07) is 0. The topological polar surface area (TPSA) is 32.8 Å². The van der Waals surface area contributed by atoms with Crippen LogP contribution in [-0.4, -0.2) is 23.9 Å². The number of rotatable bonds is 3. The summed E-state index contributed by atoms with van der Waals surface area (Å²) in [6.07, 6.45) is 3.33. The van der Waals surface area contributed by atoms with Crippen LogP contribution in [0.5, 0.6) is 0 Å². The van der Waals surface area contributed by atoms with E-state index in [1.807, 2.05) is 0 Å². The fourth-order valence-corrected chi connectivity index (χ4v) is 0.506. The highest BCUT2D eigenvalue weighted by molar-refractivity contribution is 4.79. The first-order chi connectivity index (χ1) is 5.12. The third-order valence-corrected chi connectivity index (χ3v) is 1.48. The largest absolute Gasteiger partial charge is 0.396 e. The van der Waals surface area contributed by atoms with E-state index in [2.05, 4.69) is 20.8 Å². The first kappa shape index (κ1) is 10.9. The van der Waals surface area contributed by atoms with Crippen molar-refractivity contribution in [2.24, 2.45) is 0 Å². The van der Waals surface area contributed by atoms with Gasteiger partial charge in [-0.2, -0.15) is 0 Å². The lowest BCUT2D eigenvalue weighted by Crippen LogP contribution is -1.90. The standard InChI is InChI=1S/C5H12O.C4H8O/c1-2-3-4-5-6;1-4(2)3-5-4/h6H,2-5H2,1H3;3H2,1-2H3. The van der Waals surface area contributed by atoms with Gasteiger partial charge < -0.3 is 9.84 Å². The molecule has 1 heterocycles. The molecule has 1 fully saturated rings. The molecule has 1 aliphatic heterocycles. The van der Waals surface area contributed by atoms with Crippen molar-refractivity contribution in [3.63, 3.8) is 0 Å². The molecule has 0 aromatic heterocycles.